The van der Waals surface area contributed by atoms with E-state index in [1.165, 1.54) is 18.2 Å². The summed E-state index contributed by atoms with van der Waals surface area (Å²) in [5, 5.41) is 2.51. The molecule has 166 valence electrons. The second-order valence-corrected chi connectivity index (χ2v) is 6.62. The summed E-state index contributed by atoms with van der Waals surface area (Å²) >= 11 is 3.15. The Morgan fingerprint density at radius 3 is 2.16 bits per heavy atom. The molecule has 0 saturated carbocycles. The molecule has 6 nitrogen and oxygen atoms in total. The molecular weight excluding hydrogens is 497 g/mol. The van der Waals surface area contributed by atoms with Crippen LogP contribution in [0.5, 0.6) is 11.5 Å². The lowest BCUT2D eigenvalue weighted by atomic mass is 10.2. The lowest BCUT2D eigenvalue weighted by Crippen LogP contribution is -2.16. The minimum atomic E-state index is -4.96. The van der Waals surface area contributed by atoms with E-state index in [0.717, 1.165) is 20.3 Å². The summed E-state index contributed by atoms with van der Waals surface area (Å²) in [6.07, 6.45) is -4.20. The summed E-state index contributed by atoms with van der Waals surface area (Å²) in [6, 6.07) is 4.12. The molecule has 0 aliphatic heterocycles. The van der Waals surface area contributed by atoms with E-state index in [0.29, 0.717) is 4.47 Å². The third-order valence-electron chi connectivity index (χ3n) is 3.62. The summed E-state index contributed by atoms with van der Waals surface area (Å²) in [5.41, 5.74) is -2.02. The molecule has 1 N–H and O–H groups in total. The topological polar surface area (TPSA) is 73.9 Å². The van der Waals surface area contributed by atoms with Crippen LogP contribution in [0.1, 0.15) is 5.56 Å². The van der Waals surface area contributed by atoms with Gasteiger partial charge in [0.2, 0.25) is 0 Å². The largest absolute Gasteiger partial charge is 0.466 e. The lowest BCUT2D eigenvalue weighted by molar-refractivity contribution is -0.138. The van der Waals surface area contributed by atoms with Crippen LogP contribution in [0.15, 0.2) is 46.6 Å². The first-order valence-electron chi connectivity index (χ1n) is 8.15. The Bertz CT molecular complexity index is 1020. The van der Waals surface area contributed by atoms with Crippen molar-refractivity contribution < 1.29 is 45.8 Å². The van der Waals surface area contributed by atoms with Crippen LogP contribution >= 0.6 is 15.9 Å². The van der Waals surface area contributed by atoms with Crippen LogP contribution in [-0.4, -0.2) is 26.2 Å². The fourth-order valence-electron chi connectivity index (χ4n) is 2.20. The number of carbonyl (C=O) groups excluding carboxylic acids is 2. The average molecular weight is 510 g/mol. The van der Waals surface area contributed by atoms with Gasteiger partial charge in [-0.1, -0.05) is 15.9 Å². The van der Waals surface area contributed by atoms with Gasteiger partial charge < -0.3 is 19.5 Å². The highest BCUT2D eigenvalue weighted by molar-refractivity contribution is 9.10. The van der Waals surface area contributed by atoms with Gasteiger partial charge in [-0.2, -0.15) is 13.2 Å². The number of halogens is 6. The van der Waals surface area contributed by atoms with Gasteiger partial charge in [0.25, 0.3) is 0 Å². The van der Waals surface area contributed by atoms with Gasteiger partial charge in [-0.05, 0) is 30.3 Å². The molecule has 0 atom stereocenters. The highest BCUT2D eigenvalue weighted by Gasteiger charge is 2.33. The first-order chi connectivity index (χ1) is 14.5. The van der Waals surface area contributed by atoms with E-state index in [1.807, 2.05) is 0 Å². The van der Waals surface area contributed by atoms with Crippen LogP contribution in [0, 0.1) is 11.6 Å². The highest BCUT2D eigenvalue weighted by Crippen LogP contribution is 2.38. The number of hydrogen-bond donors (Lipinski definition) is 1. The zero-order valence-corrected chi connectivity index (χ0v) is 17.4. The van der Waals surface area contributed by atoms with Crippen molar-refractivity contribution in [3.63, 3.8) is 0 Å². The third kappa shape index (κ3) is 6.17. The number of rotatable bonds is 6. The van der Waals surface area contributed by atoms with Gasteiger partial charge in [0.05, 0.1) is 31.5 Å². The Morgan fingerprint density at radius 2 is 1.65 bits per heavy atom. The van der Waals surface area contributed by atoms with Crippen molar-refractivity contribution in [2.75, 3.05) is 19.5 Å². The van der Waals surface area contributed by atoms with Crippen LogP contribution in [0.4, 0.5) is 27.6 Å². The second kappa shape index (κ2) is 9.77. The molecule has 0 aliphatic rings. The third-order valence-corrected chi connectivity index (χ3v) is 4.11. The Balaban J connectivity index is 2.48. The van der Waals surface area contributed by atoms with Crippen LogP contribution < -0.4 is 10.1 Å². The van der Waals surface area contributed by atoms with E-state index < -0.39 is 46.8 Å². The smallest absolute Gasteiger partial charge is 0.416 e. The number of ether oxygens (including phenoxy) is 3. The predicted octanol–water partition coefficient (Wildman–Crippen LogP) is 5.18. The molecule has 0 radical (unpaired) electrons. The van der Waals surface area contributed by atoms with Gasteiger partial charge in [0.1, 0.15) is 5.70 Å². The molecule has 0 spiro atoms. The molecular formula is C19H13BrF5NO5. The minimum Gasteiger partial charge on any atom is -0.466 e. The van der Waals surface area contributed by atoms with Crippen LogP contribution in [0.3, 0.4) is 0 Å². The Kier molecular flexibility index (Phi) is 7.60. The first kappa shape index (κ1) is 24.1. The number of methoxy groups -OCH3 is 2. The molecule has 2 aromatic carbocycles. The van der Waals surface area contributed by atoms with Crippen LogP contribution in [0.2, 0.25) is 0 Å². The number of carbonyl (C=O) groups is 2. The zero-order chi connectivity index (χ0) is 23.3. The standard InChI is InChI=1S/C19H13BrF5NO5/c1-29-16(27)8-14(18(28)30-2)26-13-7-10(20)3-4-15(13)31-17-11(21)5-9(6-12(17)22)19(23,24)25/h3-8,26H,1-2H3/b14-8+. The van der Waals surface area contributed by atoms with Crippen molar-refractivity contribution in [2.24, 2.45) is 0 Å². The molecule has 0 aliphatic carbocycles. The maximum atomic E-state index is 14.2. The summed E-state index contributed by atoms with van der Waals surface area (Å²) in [5.74, 6) is -6.47. The number of hydrogen-bond acceptors (Lipinski definition) is 6. The molecule has 0 fully saturated rings. The molecule has 0 amide bonds. The van der Waals surface area contributed by atoms with Crippen molar-refractivity contribution in [3.8, 4) is 11.5 Å². The fourth-order valence-corrected chi connectivity index (χ4v) is 2.56. The molecule has 31 heavy (non-hydrogen) atoms. The monoisotopic (exact) mass is 509 g/mol. The Morgan fingerprint density at radius 1 is 1.03 bits per heavy atom. The number of benzene rings is 2. The number of alkyl halides is 3. The van der Waals surface area contributed by atoms with Gasteiger partial charge >= 0.3 is 18.1 Å². The van der Waals surface area contributed by atoms with Crippen LogP contribution in [-0.2, 0) is 25.2 Å². The molecule has 0 aromatic heterocycles. The van der Waals surface area contributed by atoms with Crippen molar-refractivity contribution in [1.82, 2.24) is 0 Å². The van der Waals surface area contributed by atoms with Crippen molar-refractivity contribution in [2.45, 2.75) is 6.18 Å². The quantitative estimate of drug-likeness (QED) is 0.328. The predicted molar refractivity (Wildman–Crippen MR) is 101 cm³/mol. The molecule has 0 saturated heterocycles. The first-order valence-corrected chi connectivity index (χ1v) is 8.94. The summed E-state index contributed by atoms with van der Waals surface area (Å²) in [6.45, 7) is 0. The Hall–Kier alpha value is -3.15. The summed E-state index contributed by atoms with van der Waals surface area (Å²) < 4.78 is 81.0. The maximum absolute atomic E-state index is 14.2. The van der Waals surface area contributed by atoms with E-state index in [2.05, 4.69) is 30.7 Å². The van der Waals surface area contributed by atoms with E-state index in [-0.39, 0.29) is 23.6 Å². The molecule has 2 rings (SSSR count). The summed E-state index contributed by atoms with van der Waals surface area (Å²) in [4.78, 5) is 23.4. The number of nitrogens with one attached hydrogen (secondary N) is 1. The summed E-state index contributed by atoms with van der Waals surface area (Å²) in [7, 11) is 2.11. The molecule has 0 unspecified atom stereocenters. The van der Waals surface area contributed by atoms with E-state index >= 15 is 0 Å². The fraction of sp³-hybridized carbons (Fsp3) is 0.158. The van der Waals surface area contributed by atoms with Gasteiger partial charge in [0.15, 0.2) is 23.1 Å². The normalized spacial score (nSPS) is 11.7. The number of anilines is 1. The van der Waals surface area contributed by atoms with Gasteiger partial charge in [-0.25, -0.2) is 18.4 Å². The van der Waals surface area contributed by atoms with Crippen molar-refractivity contribution >= 4 is 33.6 Å². The average Bonchev–Trinajstić information content (AvgIpc) is 2.69. The van der Waals surface area contributed by atoms with Gasteiger partial charge in [-0.15, -0.1) is 0 Å². The lowest BCUT2D eigenvalue weighted by Gasteiger charge is -2.16. The molecule has 12 heteroatoms. The molecule has 0 bridgehead atoms. The van der Waals surface area contributed by atoms with Crippen molar-refractivity contribution in [1.29, 1.82) is 0 Å². The van der Waals surface area contributed by atoms with Crippen molar-refractivity contribution in [3.05, 3.63) is 63.8 Å². The zero-order valence-electron chi connectivity index (χ0n) is 15.8. The van der Waals surface area contributed by atoms with Crippen LogP contribution in [0.25, 0.3) is 0 Å². The number of esters is 2. The SMILES string of the molecule is COC(=O)/C=C(/Nc1cc(Br)ccc1Oc1c(F)cc(C(F)(F)F)cc1F)C(=O)OC. The minimum absolute atomic E-state index is 0.0753. The van der Waals surface area contributed by atoms with E-state index in [1.54, 1.807) is 0 Å². The maximum Gasteiger partial charge on any atom is 0.416 e. The van der Waals surface area contributed by atoms with Gasteiger partial charge in [-0.3, -0.25) is 0 Å². The molecule has 0 heterocycles. The van der Waals surface area contributed by atoms with Gasteiger partial charge in [0, 0.05) is 4.47 Å². The van der Waals surface area contributed by atoms with E-state index in [4.69, 9.17) is 4.74 Å². The van der Waals surface area contributed by atoms with E-state index in [9.17, 15) is 31.5 Å². The molecule has 2 aromatic rings. The Labute approximate surface area is 180 Å². The highest BCUT2D eigenvalue weighted by atomic mass is 79.9. The second-order valence-electron chi connectivity index (χ2n) is 5.71.